The first kappa shape index (κ1) is 20.7. The molecular weight excluding hydrogens is 382 g/mol. The first-order valence-corrected chi connectivity index (χ1v) is 9.79. The summed E-state index contributed by atoms with van der Waals surface area (Å²) in [7, 11) is 3.17. The highest BCUT2D eigenvalue weighted by atomic mass is 32.2. The molecule has 0 saturated carbocycles. The van der Waals surface area contributed by atoms with Crippen LogP contribution in [0.1, 0.15) is 22.3 Å². The van der Waals surface area contributed by atoms with Crippen molar-refractivity contribution in [2.24, 2.45) is 0 Å². The van der Waals surface area contributed by atoms with E-state index < -0.39 is 0 Å². The normalized spacial score (nSPS) is 11.4. The van der Waals surface area contributed by atoms with Gasteiger partial charge in [-0.1, -0.05) is 60.7 Å². The van der Waals surface area contributed by atoms with Crippen LogP contribution in [0.15, 0.2) is 71.6 Å². The number of anilines is 1. The lowest BCUT2D eigenvalue weighted by atomic mass is 10.1. The van der Waals surface area contributed by atoms with Crippen LogP contribution >= 0.6 is 12.0 Å². The second kappa shape index (κ2) is 10.5. The van der Waals surface area contributed by atoms with Gasteiger partial charge in [-0.25, -0.2) is 4.89 Å². The molecule has 4 nitrogen and oxygen atoms in total. The maximum absolute atomic E-state index is 5.73. The average Bonchev–Trinajstić information content (AvgIpc) is 2.77. The number of methoxy groups -OCH3 is 1. The van der Waals surface area contributed by atoms with Crippen molar-refractivity contribution in [1.29, 1.82) is 0 Å². The molecule has 0 aromatic heterocycles. The van der Waals surface area contributed by atoms with Gasteiger partial charge < -0.3 is 10.5 Å². The first-order valence-electron chi connectivity index (χ1n) is 9.05. The molecule has 0 radical (unpaired) electrons. The van der Waals surface area contributed by atoms with E-state index in [9.17, 15) is 0 Å². The molecule has 0 saturated heterocycles. The Kier molecular flexibility index (Phi) is 7.53. The molecule has 0 unspecified atom stereocenters. The molecule has 0 fully saturated rings. The van der Waals surface area contributed by atoms with Gasteiger partial charge in [-0.2, -0.15) is 4.33 Å². The van der Waals surface area contributed by atoms with E-state index in [1.807, 2.05) is 72.8 Å². The van der Waals surface area contributed by atoms with Gasteiger partial charge in [0.2, 0.25) is 0 Å². The molecule has 0 amide bonds. The maximum Gasteiger partial charge on any atom is 0.126 e. The van der Waals surface area contributed by atoms with Crippen LogP contribution < -0.4 is 10.5 Å². The van der Waals surface area contributed by atoms with Gasteiger partial charge in [-0.15, -0.1) is 0 Å². The summed E-state index contributed by atoms with van der Waals surface area (Å²) in [6.45, 7) is 0. The number of nitrogens with two attached hydrogens (primary N) is 1. The molecule has 0 heterocycles. The quantitative estimate of drug-likeness (QED) is 0.159. The summed E-state index contributed by atoms with van der Waals surface area (Å²) in [5, 5.41) is 0. The minimum absolute atomic E-state index is 0.757. The molecule has 0 bridgehead atoms. The first-order chi connectivity index (χ1) is 14.2. The van der Waals surface area contributed by atoms with Crippen LogP contribution in [-0.4, -0.2) is 14.2 Å². The highest BCUT2D eigenvalue weighted by molar-refractivity contribution is 7.94. The Bertz CT molecular complexity index is 980. The lowest BCUT2D eigenvalue weighted by molar-refractivity contribution is -0.160. The zero-order valence-electron chi connectivity index (χ0n) is 16.4. The van der Waals surface area contributed by atoms with E-state index >= 15 is 0 Å². The van der Waals surface area contributed by atoms with E-state index in [-0.39, 0.29) is 0 Å². The van der Waals surface area contributed by atoms with Gasteiger partial charge in [-0.05, 0) is 47.0 Å². The van der Waals surface area contributed by atoms with Gasteiger partial charge in [0.15, 0.2) is 0 Å². The molecule has 0 aliphatic rings. The zero-order valence-corrected chi connectivity index (χ0v) is 17.2. The van der Waals surface area contributed by atoms with E-state index in [1.54, 1.807) is 7.11 Å². The van der Waals surface area contributed by atoms with Gasteiger partial charge in [0, 0.05) is 16.1 Å². The third kappa shape index (κ3) is 6.26. The van der Waals surface area contributed by atoms with E-state index in [0.29, 0.717) is 0 Å². The van der Waals surface area contributed by atoms with Crippen molar-refractivity contribution in [3.63, 3.8) is 0 Å². The van der Waals surface area contributed by atoms with Gasteiger partial charge in [0.25, 0.3) is 0 Å². The molecule has 148 valence electrons. The molecular formula is C24H23NO3S. The summed E-state index contributed by atoms with van der Waals surface area (Å²) in [6, 6.07) is 21.9. The Morgan fingerprint density at radius 1 is 0.724 bits per heavy atom. The van der Waals surface area contributed by atoms with Crippen LogP contribution in [0.3, 0.4) is 0 Å². The van der Waals surface area contributed by atoms with Crippen molar-refractivity contribution in [3.05, 3.63) is 89.0 Å². The molecule has 0 aliphatic heterocycles. The molecule has 3 rings (SSSR count). The van der Waals surface area contributed by atoms with Crippen molar-refractivity contribution in [2.45, 2.75) is 4.90 Å². The van der Waals surface area contributed by atoms with Crippen LogP contribution in [0.2, 0.25) is 0 Å². The summed E-state index contributed by atoms with van der Waals surface area (Å²) in [5.74, 6) is 0.822. The number of hydrogen-bond donors (Lipinski definition) is 1. The Balaban J connectivity index is 1.71. The molecule has 5 heteroatoms. The summed E-state index contributed by atoms with van der Waals surface area (Å²) < 4.78 is 10.4. The number of benzene rings is 3. The number of rotatable bonds is 8. The molecule has 2 N–H and O–H groups in total. The summed E-state index contributed by atoms with van der Waals surface area (Å²) >= 11 is 1.18. The van der Waals surface area contributed by atoms with Gasteiger partial charge in [0.05, 0.1) is 26.3 Å². The van der Waals surface area contributed by atoms with Crippen LogP contribution in [0.5, 0.6) is 5.75 Å². The lowest BCUT2D eigenvalue weighted by Crippen LogP contribution is -1.88. The molecule has 0 atom stereocenters. The van der Waals surface area contributed by atoms with E-state index in [1.165, 1.54) is 19.2 Å². The highest BCUT2D eigenvalue weighted by Crippen LogP contribution is 2.25. The number of hydrogen-bond acceptors (Lipinski definition) is 5. The topological polar surface area (TPSA) is 53.7 Å². The fourth-order valence-electron chi connectivity index (χ4n) is 2.66. The fourth-order valence-corrected chi connectivity index (χ4v) is 3.06. The highest BCUT2D eigenvalue weighted by Gasteiger charge is 2.01. The molecule has 0 spiro atoms. The van der Waals surface area contributed by atoms with Crippen LogP contribution in [0.4, 0.5) is 5.69 Å². The zero-order chi connectivity index (χ0) is 20.5. The molecule has 3 aromatic rings. The van der Waals surface area contributed by atoms with E-state index in [0.717, 1.165) is 38.6 Å². The average molecular weight is 406 g/mol. The van der Waals surface area contributed by atoms with Crippen molar-refractivity contribution in [3.8, 4) is 5.75 Å². The van der Waals surface area contributed by atoms with Gasteiger partial charge in [0.1, 0.15) is 5.75 Å². The number of nitrogen functional groups attached to an aromatic ring is 1. The van der Waals surface area contributed by atoms with Crippen molar-refractivity contribution in [2.75, 3.05) is 20.0 Å². The summed E-state index contributed by atoms with van der Waals surface area (Å²) in [4.78, 5) is 5.56. The summed E-state index contributed by atoms with van der Waals surface area (Å²) in [6.07, 6.45) is 8.20. The maximum atomic E-state index is 5.73. The van der Waals surface area contributed by atoms with Crippen LogP contribution in [-0.2, 0) is 9.22 Å². The van der Waals surface area contributed by atoms with E-state index in [4.69, 9.17) is 14.8 Å². The van der Waals surface area contributed by atoms with Crippen LogP contribution in [0, 0.1) is 0 Å². The van der Waals surface area contributed by atoms with E-state index in [2.05, 4.69) is 23.1 Å². The van der Waals surface area contributed by atoms with Crippen LogP contribution in [0.25, 0.3) is 24.3 Å². The smallest absolute Gasteiger partial charge is 0.126 e. The van der Waals surface area contributed by atoms with Crippen molar-refractivity contribution < 1.29 is 14.0 Å². The predicted octanol–water partition coefficient (Wildman–Crippen LogP) is 6.20. The van der Waals surface area contributed by atoms with Crippen molar-refractivity contribution in [1.82, 2.24) is 0 Å². The standard InChI is InChI=1S/C24H23NO3S/c1-26-24-17-20(4-3-18-9-15-23(16-10-18)29-28-27-2)6-12-21(24)11-5-19-7-13-22(25)14-8-19/h3-17H,25H2,1-2H3/b4-3+,11-5+. The van der Waals surface area contributed by atoms with Gasteiger partial charge >= 0.3 is 0 Å². The lowest BCUT2D eigenvalue weighted by Gasteiger charge is -2.06. The fraction of sp³-hybridized carbons (Fsp3) is 0.0833. The Morgan fingerprint density at radius 2 is 1.31 bits per heavy atom. The second-order valence-electron chi connectivity index (χ2n) is 6.22. The van der Waals surface area contributed by atoms with Gasteiger partial charge in [-0.3, -0.25) is 0 Å². The third-order valence-corrected chi connectivity index (χ3v) is 4.86. The largest absolute Gasteiger partial charge is 0.496 e. The van der Waals surface area contributed by atoms with Crippen molar-refractivity contribution >= 4 is 42.0 Å². The summed E-state index contributed by atoms with van der Waals surface area (Å²) in [5.41, 5.74) is 10.7. The minimum atomic E-state index is 0.757. The predicted molar refractivity (Wildman–Crippen MR) is 122 cm³/mol. The molecule has 0 aliphatic carbocycles. The number of ether oxygens (including phenoxy) is 1. The SMILES string of the molecule is COOSc1ccc(/C=C/c2ccc(/C=C/c3ccc(N)cc3)c(OC)c2)cc1. The Labute approximate surface area is 175 Å². The molecule has 3 aromatic carbocycles. The third-order valence-electron chi connectivity index (χ3n) is 4.20. The Hall–Kier alpha value is -2.99. The second-order valence-corrected chi connectivity index (χ2v) is 7.00. The monoisotopic (exact) mass is 405 g/mol. The molecule has 29 heavy (non-hydrogen) atoms. The minimum Gasteiger partial charge on any atom is -0.496 e. The Morgan fingerprint density at radius 3 is 1.97 bits per heavy atom.